The second-order valence-corrected chi connectivity index (χ2v) is 8.45. The van der Waals surface area contributed by atoms with Gasteiger partial charge < -0.3 is 14.0 Å². The summed E-state index contributed by atoms with van der Waals surface area (Å²) < 4.78 is 57.9. The van der Waals surface area contributed by atoms with Gasteiger partial charge in [-0.2, -0.15) is 18.2 Å². The Morgan fingerprint density at radius 3 is 2.12 bits per heavy atom. The molecule has 202 valence electrons. The monoisotopic (exact) mass is 548 g/mol. The smallest absolute Gasteiger partial charge is 0.434 e. The predicted octanol–water partition coefficient (Wildman–Crippen LogP) is 6.88. The van der Waals surface area contributed by atoms with Crippen LogP contribution >= 0.6 is 0 Å². The van der Waals surface area contributed by atoms with Gasteiger partial charge in [-0.25, -0.2) is 0 Å². The van der Waals surface area contributed by atoms with Gasteiger partial charge in [-0.1, -0.05) is 65.8 Å². The summed E-state index contributed by atoms with van der Waals surface area (Å²) in [6, 6.07) is 23.0. The zero-order valence-corrected chi connectivity index (χ0v) is 20.5. The maximum Gasteiger partial charge on any atom is 0.434 e. The van der Waals surface area contributed by atoms with E-state index in [9.17, 15) is 23.3 Å². The highest BCUT2D eigenvalue weighted by atomic mass is 19.4. The van der Waals surface area contributed by atoms with E-state index in [1.54, 1.807) is 0 Å². The number of non-ortho nitro benzene ring substituents is 1. The third kappa shape index (κ3) is 5.90. The van der Waals surface area contributed by atoms with Gasteiger partial charge in [0.25, 0.3) is 11.6 Å². The maximum atomic E-state index is 13.5. The van der Waals surface area contributed by atoms with E-state index in [2.05, 4.69) is 15.1 Å². The van der Waals surface area contributed by atoms with E-state index in [0.717, 1.165) is 29.5 Å². The van der Waals surface area contributed by atoms with Crippen molar-refractivity contribution in [3.63, 3.8) is 0 Å². The van der Waals surface area contributed by atoms with E-state index >= 15 is 0 Å². The van der Waals surface area contributed by atoms with E-state index in [1.165, 1.54) is 12.1 Å². The largest absolute Gasteiger partial charge is 0.485 e. The van der Waals surface area contributed by atoms with Crippen LogP contribution in [0.15, 0.2) is 95.6 Å². The summed E-state index contributed by atoms with van der Waals surface area (Å²) in [6.07, 6.45) is -3.77. The molecule has 0 atom stereocenters. The molecule has 0 spiro atoms. The minimum absolute atomic E-state index is 0.0149. The Balaban J connectivity index is 1.60. The number of alkyl halides is 3. The van der Waals surface area contributed by atoms with Gasteiger partial charge in [-0.3, -0.25) is 15.1 Å². The van der Waals surface area contributed by atoms with Crippen molar-refractivity contribution in [2.45, 2.75) is 19.4 Å². The summed E-state index contributed by atoms with van der Waals surface area (Å²) in [6.45, 7) is 0.109. The van der Waals surface area contributed by atoms with Gasteiger partial charge >= 0.3 is 6.18 Å². The van der Waals surface area contributed by atoms with Crippen molar-refractivity contribution < 1.29 is 32.1 Å². The number of aromatic nitrogens is 3. The molecule has 40 heavy (non-hydrogen) atoms. The van der Waals surface area contributed by atoms with Gasteiger partial charge in [-0.05, 0) is 23.3 Å². The van der Waals surface area contributed by atoms with E-state index in [1.807, 2.05) is 60.7 Å². The summed E-state index contributed by atoms with van der Waals surface area (Å²) in [7, 11) is 0. The van der Waals surface area contributed by atoms with Crippen LogP contribution in [0.3, 0.4) is 0 Å². The highest BCUT2D eigenvalue weighted by Gasteiger charge is 2.37. The number of hydrogen-bond acceptors (Lipinski definition) is 8. The number of ether oxygens (including phenoxy) is 2. The fourth-order valence-electron chi connectivity index (χ4n) is 3.83. The van der Waals surface area contributed by atoms with Gasteiger partial charge in [0, 0.05) is 12.3 Å². The predicted molar refractivity (Wildman–Crippen MR) is 136 cm³/mol. The molecule has 0 N–H and O–H groups in total. The van der Waals surface area contributed by atoms with Crippen molar-refractivity contribution >= 4 is 5.69 Å². The lowest BCUT2D eigenvalue weighted by atomic mass is 10.1. The Morgan fingerprint density at radius 2 is 1.50 bits per heavy atom. The van der Waals surface area contributed by atoms with Gasteiger partial charge in [-0.15, -0.1) is 0 Å². The lowest BCUT2D eigenvalue weighted by Crippen LogP contribution is -2.10. The highest BCUT2D eigenvalue weighted by molar-refractivity contribution is 5.73. The second-order valence-electron chi connectivity index (χ2n) is 8.45. The molecule has 12 heteroatoms. The van der Waals surface area contributed by atoms with Crippen molar-refractivity contribution in [2.75, 3.05) is 0 Å². The lowest BCUT2D eigenvalue weighted by molar-refractivity contribution is -0.384. The third-order valence-corrected chi connectivity index (χ3v) is 5.69. The summed E-state index contributed by atoms with van der Waals surface area (Å²) in [5.74, 6) is -0.644. The van der Waals surface area contributed by atoms with Crippen LogP contribution in [0.25, 0.3) is 22.8 Å². The molecule has 2 aromatic heterocycles. The number of rotatable bonds is 9. The molecule has 0 aliphatic rings. The minimum atomic E-state index is -4.77. The molecule has 0 aliphatic carbocycles. The molecule has 0 saturated heterocycles. The molecule has 0 bridgehead atoms. The fraction of sp³-hybridized carbons (Fsp3) is 0.107. The Labute approximate surface area is 225 Å². The average molecular weight is 548 g/mol. The molecule has 0 aliphatic heterocycles. The van der Waals surface area contributed by atoms with Crippen molar-refractivity contribution in [2.24, 2.45) is 0 Å². The van der Waals surface area contributed by atoms with Crippen LogP contribution in [0.2, 0.25) is 0 Å². The number of nitro benzene ring substituents is 1. The molecule has 3 aromatic carbocycles. The molecule has 5 aromatic rings. The van der Waals surface area contributed by atoms with Crippen LogP contribution in [0.5, 0.6) is 11.5 Å². The molecule has 2 heterocycles. The summed E-state index contributed by atoms with van der Waals surface area (Å²) in [5.41, 5.74) is -0.429. The van der Waals surface area contributed by atoms with E-state index in [4.69, 9.17) is 14.0 Å². The maximum absolute atomic E-state index is 13.5. The quantitative estimate of drug-likeness (QED) is 0.145. The first-order valence-corrected chi connectivity index (χ1v) is 11.8. The Kier molecular flexibility index (Phi) is 7.40. The third-order valence-electron chi connectivity index (χ3n) is 5.69. The van der Waals surface area contributed by atoms with Crippen LogP contribution in [0.1, 0.15) is 16.8 Å². The van der Waals surface area contributed by atoms with Crippen LogP contribution in [0, 0.1) is 10.1 Å². The average Bonchev–Trinajstić information content (AvgIpc) is 3.45. The summed E-state index contributed by atoms with van der Waals surface area (Å²) in [5, 5.41) is 15.5. The topological polar surface area (TPSA) is 113 Å². The van der Waals surface area contributed by atoms with E-state index < -0.39 is 28.2 Å². The van der Waals surface area contributed by atoms with Crippen LogP contribution < -0.4 is 9.47 Å². The van der Waals surface area contributed by atoms with Crippen molar-refractivity contribution in [3.8, 4) is 34.3 Å². The van der Waals surface area contributed by atoms with Gasteiger partial charge in [0.2, 0.25) is 5.82 Å². The Morgan fingerprint density at radius 1 is 0.850 bits per heavy atom. The summed E-state index contributed by atoms with van der Waals surface area (Å²) in [4.78, 5) is 18.7. The first-order valence-electron chi connectivity index (χ1n) is 11.8. The van der Waals surface area contributed by atoms with Crippen molar-refractivity contribution in [3.05, 3.63) is 118 Å². The van der Waals surface area contributed by atoms with Gasteiger partial charge in [0.15, 0.2) is 17.2 Å². The SMILES string of the molecule is O=[N+]([O-])c1cc(OCc2ccccc2)c(OCc2ccccc2)c(-c2nc(-c3cccnc3C(F)(F)F)no2)c1. The first kappa shape index (κ1) is 26.4. The lowest BCUT2D eigenvalue weighted by Gasteiger charge is -2.15. The fourth-order valence-corrected chi connectivity index (χ4v) is 3.83. The number of benzene rings is 3. The molecular formula is C28H19F3N4O5. The molecule has 0 saturated carbocycles. The zero-order chi connectivity index (χ0) is 28.1. The van der Waals surface area contributed by atoms with Crippen molar-refractivity contribution in [1.82, 2.24) is 15.1 Å². The Bertz CT molecular complexity index is 1630. The first-order chi connectivity index (χ1) is 19.3. The zero-order valence-electron chi connectivity index (χ0n) is 20.5. The van der Waals surface area contributed by atoms with Gasteiger partial charge in [0.05, 0.1) is 22.1 Å². The van der Waals surface area contributed by atoms with Crippen LogP contribution in [-0.4, -0.2) is 20.0 Å². The highest BCUT2D eigenvalue weighted by Crippen LogP contribution is 2.43. The number of hydrogen-bond donors (Lipinski definition) is 0. The second kappa shape index (κ2) is 11.2. The normalized spacial score (nSPS) is 11.3. The standard InChI is InChI=1S/C28H19F3N4O5/c29-28(30,31)25-21(12-7-13-32-25)26-33-27(40-34-26)22-14-20(35(36)37)15-23(38-16-18-8-3-1-4-9-18)24(22)39-17-19-10-5-2-6-11-19/h1-15H,16-17H2. The number of pyridine rings is 1. The molecule has 0 radical (unpaired) electrons. The van der Waals surface area contributed by atoms with E-state index in [-0.39, 0.29) is 41.9 Å². The number of halogens is 3. The molecular weight excluding hydrogens is 529 g/mol. The molecule has 0 unspecified atom stereocenters. The molecule has 0 amide bonds. The minimum Gasteiger partial charge on any atom is -0.485 e. The Hall–Kier alpha value is -5.26. The molecule has 5 rings (SSSR count). The van der Waals surface area contributed by atoms with Crippen LogP contribution in [-0.2, 0) is 19.4 Å². The van der Waals surface area contributed by atoms with Crippen LogP contribution in [0.4, 0.5) is 18.9 Å². The van der Waals surface area contributed by atoms with Crippen molar-refractivity contribution in [1.29, 1.82) is 0 Å². The van der Waals surface area contributed by atoms with E-state index in [0.29, 0.717) is 0 Å². The number of nitro groups is 1. The molecule has 0 fully saturated rings. The molecule has 9 nitrogen and oxygen atoms in total. The van der Waals surface area contributed by atoms with Gasteiger partial charge in [0.1, 0.15) is 13.2 Å². The number of nitrogens with zero attached hydrogens (tertiary/aromatic N) is 4. The summed E-state index contributed by atoms with van der Waals surface area (Å²) >= 11 is 0.